The van der Waals surface area contributed by atoms with E-state index in [1.807, 2.05) is 0 Å². The van der Waals surface area contributed by atoms with Gasteiger partial charge in [-0.25, -0.2) is 4.79 Å². The van der Waals surface area contributed by atoms with Crippen LogP contribution in [0.1, 0.15) is 32.0 Å². The van der Waals surface area contributed by atoms with Gasteiger partial charge >= 0.3 is 94.6 Å². The molecule has 0 aromatic heterocycles. The van der Waals surface area contributed by atoms with Crippen molar-refractivity contribution < 1.29 is 179 Å². The number of aliphatic carboxylic acids is 5. The van der Waals surface area contributed by atoms with Gasteiger partial charge in [0, 0.05) is 27.7 Å². The first kappa shape index (κ1) is 83.2. The second-order valence-corrected chi connectivity index (χ2v) is 4.59. The zero-order chi connectivity index (χ0) is 26.9. The van der Waals surface area contributed by atoms with Gasteiger partial charge in [0.05, 0.1) is 6.61 Å². The van der Waals surface area contributed by atoms with Gasteiger partial charge in [0.25, 0.3) is 23.9 Å². The number of hydrogen-bond donors (Lipinski definition) is 12. The van der Waals surface area contributed by atoms with Crippen molar-refractivity contribution in [3.63, 3.8) is 0 Å². The summed E-state index contributed by atoms with van der Waals surface area (Å²) in [7, 11) is 0. The summed E-state index contributed by atoms with van der Waals surface area (Å²) in [6.45, 7) is 9.49. The Hall–Kier alpha value is -0.270. The molecule has 0 unspecified atom stereocenters. The summed E-state index contributed by atoms with van der Waals surface area (Å²) in [4.78, 5) is 46.1. The molecule has 4 atom stereocenters. The molecule has 0 aliphatic rings. The van der Waals surface area contributed by atoms with E-state index in [9.17, 15) is 4.79 Å². The molecule has 0 aliphatic carbocycles. The van der Waals surface area contributed by atoms with Crippen molar-refractivity contribution in [1.29, 1.82) is 0 Å². The molecule has 0 saturated heterocycles. The Labute approximate surface area is 290 Å². The van der Waals surface area contributed by atoms with Crippen LogP contribution in [0.15, 0.2) is 13.2 Å². The molecule has 0 heterocycles. The van der Waals surface area contributed by atoms with E-state index in [1.54, 1.807) is 0 Å². The van der Waals surface area contributed by atoms with Crippen molar-refractivity contribution in [3.8, 4) is 0 Å². The zero-order valence-corrected chi connectivity index (χ0v) is 28.9. The normalized spacial score (nSPS) is 9.71. The first-order chi connectivity index (χ1) is 13.8. The maximum atomic E-state index is 10.1. The summed E-state index contributed by atoms with van der Waals surface area (Å²) in [6.07, 6.45) is -7.84. The third kappa shape index (κ3) is 137. The predicted molar refractivity (Wildman–Crippen MR) is 124 cm³/mol. The number of aliphatic hydroxyl groups is 5. The van der Waals surface area contributed by atoms with Gasteiger partial charge in [0.15, 0.2) is 6.10 Å². The van der Waals surface area contributed by atoms with Crippen LogP contribution in [-0.2, 0) is 24.0 Å². The molecule has 224 valence electrons. The molecule has 0 aromatic carbocycles. The van der Waals surface area contributed by atoms with Crippen molar-refractivity contribution >= 4 is 29.8 Å². The Kier molecular flexibility index (Phi) is 134. The summed E-state index contributed by atoms with van der Waals surface area (Å²) in [5.74, 6) is -5.06. The van der Waals surface area contributed by atoms with E-state index in [4.69, 9.17) is 70.2 Å². The number of aliphatic hydroxyl groups excluding tert-OH is 5. The van der Waals surface area contributed by atoms with Gasteiger partial charge in [-0.3, -0.25) is 19.2 Å². The van der Waals surface area contributed by atoms with Crippen LogP contribution in [0.5, 0.6) is 0 Å². The first-order valence-electron chi connectivity index (χ1n) is 7.68. The fourth-order valence-corrected chi connectivity index (χ4v) is 0.668. The summed E-state index contributed by atoms with van der Waals surface area (Å²) in [5.41, 5.74) is 0. The van der Waals surface area contributed by atoms with Crippen LogP contribution in [-0.4, -0.2) is 123 Å². The Morgan fingerprint density at radius 1 is 0.605 bits per heavy atom. The molecule has 0 amide bonds. The molecular weight excluding hydrogens is 561 g/mol. The quantitative estimate of drug-likeness (QED) is 0.102. The largest absolute Gasteiger partial charge is 1.00 e. The fourth-order valence-electron chi connectivity index (χ4n) is 0.668. The van der Waals surface area contributed by atoms with Crippen LogP contribution in [0.2, 0.25) is 0 Å². The van der Waals surface area contributed by atoms with Gasteiger partial charge in [-0.15, -0.1) is 13.2 Å². The summed E-state index contributed by atoms with van der Waals surface area (Å²) >= 11 is 0. The number of carboxylic acids is 5. The Morgan fingerprint density at radius 3 is 0.868 bits per heavy atom. The average molecular weight is 607 g/mol. The van der Waals surface area contributed by atoms with E-state index in [2.05, 4.69) is 13.2 Å². The standard InChI is InChI=1S/C6H12O7.4C2H4O2.C2H4.2H3N.3Na.2H2O.3H/c7-1-2(8)3(9)4(10)5(11)6(12)13;4*1-2(3)4;1-2;;;;;;;;;;/h2-5,7-11H,1H2,(H,12,13);4*1H3,(H,3,4);1-2H2;2*1H3;;;;2*1H2;;;/q;;;;;;;;3*+1;;;3*-1/t2-,3-,4+,5-;;;;;;;;;;;;;;;/m1.............../s1. The second-order valence-electron chi connectivity index (χ2n) is 4.59. The maximum absolute atomic E-state index is 10.1. The van der Waals surface area contributed by atoms with Crippen molar-refractivity contribution in [3.05, 3.63) is 13.2 Å². The molecule has 0 aliphatic heterocycles. The zero-order valence-electron chi connectivity index (χ0n) is 25.9. The van der Waals surface area contributed by atoms with Crippen LogP contribution < -0.4 is 101 Å². The molecule has 0 bridgehead atoms. The van der Waals surface area contributed by atoms with E-state index < -0.39 is 60.9 Å². The molecule has 20 N–H and O–H groups in total. The van der Waals surface area contributed by atoms with Crippen LogP contribution in [0.3, 0.4) is 0 Å². The number of carbonyl (C=O) groups is 5. The Morgan fingerprint density at radius 2 is 0.763 bits per heavy atom. The minimum absolute atomic E-state index is 0. The third-order valence-electron chi connectivity index (χ3n) is 1.51. The van der Waals surface area contributed by atoms with E-state index in [-0.39, 0.29) is 116 Å². The average Bonchev–Trinajstić information content (AvgIpc) is 2.58. The molecular formula is C16H45N2Na3O17. The number of carboxylic acid groups (broad SMARTS) is 5. The molecule has 38 heavy (non-hydrogen) atoms. The minimum atomic E-state index is -2.20. The summed E-state index contributed by atoms with van der Waals surface area (Å²) in [5, 5.41) is 81.5. The van der Waals surface area contributed by atoms with Gasteiger partial charge in [-0.2, -0.15) is 0 Å². The molecule has 0 rings (SSSR count). The van der Waals surface area contributed by atoms with E-state index >= 15 is 0 Å². The fraction of sp³-hybridized carbons (Fsp3) is 0.562. The van der Waals surface area contributed by atoms with Crippen molar-refractivity contribution in [2.45, 2.75) is 52.1 Å². The molecule has 0 fully saturated rings. The van der Waals surface area contributed by atoms with Crippen LogP contribution >= 0.6 is 0 Å². The summed E-state index contributed by atoms with van der Waals surface area (Å²) in [6, 6.07) is 0. The number of hydrogen-bond acceptors (Lipinski definition) is 12. The first-order valence-corrected chi connectivity index (χ1v) is 7.68. The SMILES string of the molecule is C=C.CC(=O)O.CC(=O)O.CC(=O)O.CC(=O)O.N.N.O.O.O=C(O)[C@H](O)[C@@H](O)[C@H](O)[C@H](O)CO.[H-].[H-].[H-].[Na+].[Na+].[Na+]. The Balaban J connectivity index is -0.0000000139. The molecule has 0 spiro atoms. The second kappa shape index (κ2) is 61.0. The molecule has 0 saturated carbocycles. The van der Waals surface area contributed by atoms with E-state index in [0.717, 1.165) is 27.7 Å². The minimum Gasteiger partial charge on any atom is -1.00 e. The van der Waals surface area contributed by atoms with E-state index in [0.29, 0.717) is 0 Å². The van der Waals surface area contributed by atoms with Gasteiger partial charge in [-0.05, 0) is 0 Å². The van der Waals surface area contributed by atoms with Gasteiger partial charge in [0.2, 0.25) is 0 Å². The monoisotopic (exact) mass is 606 g/mol. The van der Waals surface area contributed by atoms with Gasteiger partial charge < -0.3 is 78.6 Å². The van der Waals surface area contributed by atoms with Crippen LogP contribution in [0.4, 0.5) is 0 Å². The van der Waals surface area contributed by atoms with E-state index in [1.165, 1.54) is 0 Å². The van der Waals surface area contributed by atoms with Gasteiger partial charge in [0.1, 0.15) is 18.3 Å². The Bertz CT molecular complexity index is 471. The van der Waals surface area contributed by atoms with Crippen molar-refractivity contribution in [2.24, 2.45) is 0 Å². The van der Waals surface area contributed by atoms with Crippen molar-refractivity contribution in [1.82, 2.24) is 12.3 Å². The maximum Gasteiger partial charge on any atom is 1.00 e. The smallest absolute Gasteiger partial charge is 1.00 e. The number of rotatable bonds is 5. The molecule has 0 aromatic rings. The molecule has 22 heteroatoms. The van der Waals surface area contributed by atoms with Gasteiger partial charge in [-0.1, -0.05) is 0 Å². The summed E-state index contributed by atoms with van der Waals surface area (Å²) < 4.78 is 0. The third-order valence-corrected chi connectivity index (χ3v) is 1.51. The molecule has 19 nitrogen and oxygen atoms in total. The van der Waals surface area contributed by atoms with Crippen molar-refractivity contribution in [2.75, 3.05) is 6.61 Å². The van der Waals surface area contributed by atoms with Crippen LogP contribution in [0.25, 0.3) is 0 Å². The topological polar surface area (TPSA) is 421 Å². The predicted octanol–water partition coefficient (Wildman–Crippen LogP) is -12.3. The van der Waals surface area contributed by atoms with Crippen LogP contribution in [0, 0.1) is 0 Å². The molecule has 0 radical (unpaired) electrons.